The quantitative estimate of drug-likeness (QED) is 0.654. The molecule has 0 saturated heterocycles. The highest BCUT2D eigenvalue weighted by Crippen LogP contribution is 2.19. The van der Waals surface area contributed by atoms with Gasteiger partial charge in [-0.05, 0) is 30.7 Å². The molecule has 1 N–H and O–H groups in total. The van der Waals surface area contributed by atoms with Gasteiger partial charge >= 0.3 is 0 Å². The van der Waals surface area contributed by atoms with Crippen LogP contribution in [-0.2, 0) is 0 Å². The van der Waals surface area contributed by atoms with E-state index in [2.05, 4.69) is 42.4 Å². The summed E-state index contributed by atoms with van der Waals surface area (Å²) < 4.78 is 0. The summed E-state index contributed by atoms with van der Waals surface area (Å²) in [6, 6.07) is 8.45. The van der Waals surface area contributed by atoms with Gasteiger partial charge in [-0.25, -0.2) is 0 Å². The minimum atomic E-state index is 0.356. The molecule has 0 aliphatic heterocycles. The molecule has 1 unspecified atom stereocenters. The molecule has 1 aromatic carbocycles. The average molecular weight is 293 g/mol. The Morgan fingerprint density at radius 3 is 2.30 bits per heavy atom. The molecular weight excluding hydrogens is 268 g/mol. The molecule has 0 amide bonds. The van der Waals surface area contributed by atoms with E-state index in [-0.39, 0.29) is 0 Å². The van der Waals surface area contributed by atoms with Gasteiger partial charge in [-0.3, -0.25) is 4.90 Å². The summed E-state index contributed by atoms with van der Waals surface area (Å²) in [6.45, 7) is 13.5. The summed E-state index contributed by atoms with van der Waals surface area (Å²) in [5.74, 6) is 0. The third kappa shape index (κ3) is 5.91. The molecule has 0 saturated carbocycles. The predicted octanol–water partition coefficient (Wildman–Crippen LogP) is 4.05. The lowest BCUT2D eigenvalue weighted by molar-refractivity contribution is 0.308. The number of nitrogens with zero attached hydrogens (tertiary/aromatic N) is 1. The molecule has 2 nitrogen and oxygen atoms in total. The Balaban J connectivity index is 2.63. The van der Waals surface area contributed by atoms with Gasteiger partial charge in [0, 0.05) is 30.7 Å². The second kappa shape index (κ2) is 9.76. The van der Waals surface area contributed by atoms with Crippen molar-refractivity contribution in [3.63, 3.8) is 0 Å². The topological polar surface area (TPSA) is 15.3 Å². The Bertz CT molecular complexity index is 390. The van der Waals surface area contributed by atoms with Crippen LogP contribution in [0.4, 0.5) is 0 Å². The summed E-state index contributed by atoms with van der Waals surface area (Å²) >= 11 is 5.95. The van der Waals surface area contributed by atoms with E-state index in [1.54, 1.807) is 0 Å². The van der Waals surface area contributed by atoms with Crippen LogP contribution in [0.25, 0.3) is 0 Å². The van der Waals surface area contributed by atoms with Gasteiger partial charge in [0.25, 0.3) is 0 Å². The molecule has 110 valence electrons. The molecule has 0 bridgehead atoms. The zero-order valence-electron chi connectivity index (χ0n) is 12.3. The Morgan fingerprint density at radius 1 is 1.20 bits per heavy atom. The van der Waals surface area contributed by atoms with Gasteiger partial charge < -0.3 is 5.32 Å². The second-order valence-corrected chi connectivity index (χ2v) is 5.22. The Morgan fingerprint density at radius 2 is 1.80 bits per heavy atom. The zero-order chi connectivity index (χ0) is 14.8. The maximum Gasteiger partial charge on any atom is 0.0406 e. The van der Waals surface area contributed by atoms with Crippen molar-refractivity contribution in [1.29, 1.82) is 0 Å². The van der Waals surface area contributed by atoms with E-state index in [4.69, 9.17) is 11.6 Å². The lowest BCUT2D eigenvalue weighted by Gasteiger charge is -2.24. The minimum absolute atomic E-state index is 0.356. The molecular formula is C17H25ClN2. The summed E-state index contributed by atoms with van der Waals surface area (Å²) in [4.78, 5) is 2.33. The Labute approximate surface area is 128 Å². The SMILES string of the molecule is C=CCN(CC=C)CCC(NCC)c1ccc(Cl)cc1. The maximum atomic E-state index is 5.95. The highest BCUT2D eigenvalue weighted by atomic mass is 35.5. The standard InChI is InChI=1S/C17H25ClN2/c1-4-12-20(13-5-2)14-11-17(19-6-3)15-7-9-16(18)10-8-15/h4-5,7-10,17,19H,1-2,6,11-14H2,3H3. The van der Waals surface area contributed by atoms with Crippen molar-refractivity contribution in [3.05, 3.63) is 60.2 Å². The first kappa shape index (κ1) is 17.0. The number of hydrogen-bond acceptors (Lipinski definition) is 2. The molecule has 0 spiro atoms. The van der Waals surface area contributed by atoms with Crippen LogP contribution in [0.2, 0.25) is 5.02 Å². The molecule has 1 aromatic rings. The number of halogens is 1. The van der Waals surface area contributed by atoms with E-state index >= 15 is 0 Å². The molecule has 0 aliphatic rings. The summed E-state index contributed by atoms with van der Waals surface area (Å²) in [6.07, 6.45) is 4.93. The zero-order valence-corrected chi connectivity index (χ0v) is 13.1. The summed E-state index contributed by atoms with van der Waals surface area (Å²) in [5, 5.41) is 4.32. The van der Waals surface area contributed by atoms with Crippen LogP contribution < -0.4 is 5.32 Å². The molecule has 1 rings (SSSR count). The van der Waals surface area contributed by atoms with Crippen molar-refractivity contribution in [2.45, 2.75) is 19.4 Å². The molecule has 0 aromatic heterocycles. The average Bonchev–Trinajstić information content (AvgIpc) is 2.45. The fourth-order valence-electron chi connectivity index (χ4n) is 2.26. The lowest BCUT2D eigenvalue weighted by atomic mass is 10.0. The van der Waals surface area contributed by atoms with Gasteiger partial charge in [-0.2, -0.15) is 0 Å². The van der Waals surface area contributed by atoms with Crippen molar-refractivity contribution in [3.8, 4) is 0 Å². The maximum absolute atomic E-state index is 5.95. The van der Waals surface area contributed by atoms with E-state index in [0.717, 1.165) is 37.6 Å². The Hall–Kier alpha value is -1.09. The number of hydrogen-bond donors (Lipinski definition) is 1. The van der Waals surface area contributed by atoms with E-state index in [0.29, 0.717) is 6.04 Å². The van der Waals surface area contributed by atoms with Crippen LogP contribution in [0.15, 0.2) is 49.6 Å². The Kier molecular flexibility index (Phi) is 8.28. The molecule has 0 fully saturated rings. The second-order valence-electron chi connectivity index (χ2n) is 4.79. The fraction of sp³-hybridized carbons (Fsp3) is 0.412. The van der Waals surface area contributed by atoms with Crippen LogP contribution in [-0.4, -0.2) is 31.1 Å². The van der Waals surface area contributed by atoms with Crippen molar-refractivity contribution in [2.75, 3.05) is 26.2 Å². The predicted molar refractivity (Wildman–Crippen MR) is 89.3 cm³/mol. The van der Waals surface area contributed by atoms with Gasteiger partial charge in [0.2, 0.25) is 0 Å². The van der Waals surface area contributed by atoms with Crippen LogP contribution in [0.3, 0.4) is 0 Å². The van der Waals surface area contributed by atoms with Crippen LogP contribution in [0.5, 0.6) is 0 Å². The highest BCUT2D eigenvalue weighted by Gasteiger charge is 2.12. The normalized spacial score (nSPS) is 12.3. The van der Waals surface area contributed by atoms with Gasteiger partial charge in [-0.1, -0.05) is 42.8 Å². The molecule has 0 heterocycles. The van der Waals surface area contributed by atoms with Gasteiger partial charge in [0.1, 0.15) is 0 Å². The van der Waals surface area contributed by atoms with Crippen LogP contribution in [0.1, 0.15) is 24.9 Å². The van der Waals surface area contributed by atoms with Crippen molar-refractivity contribution < 1.29 is 0 Å². The van der Waals surface area contributed by atoms with Crippen LogP contribution >= 0.6 is 11.6 Å². The van der Waals surface area contributed by atoms with Gasteiger partial charge in [-0.15, -0.1) is 13.2 Å². The number of rotatable bonds is 10. The summed E-state index contributed by atoms with van der Waals surface area (Å²) in [5.41, 5.74) is 1.29. The molecule has 0 radical (unpaired) electrons. The third-order valence-electron chi connectivity index (χ3n) is 3.23. The van der Waals surface area contributed by atoms with Gasteiger partial charge in [0.15, 0.2) is 0 Å². The van der Waals surface area contributed by atoms with E-state index in [1.165, 1.54) is 5.56 Å². The number of benzene rings is 1. The monoisotopic (exact) mass is 292 g/mol. The van der Waals surface area contributed by atoms with E-state index in [9.17, 15) is 0 Å². The summed E-state index contributed by atoms with van der Waals surface area (Å²) in [7, 11) is 0. The molecule has 0 aliphatic carbocycles. The molecule has 20 heavy (non-hydrogen) atoms. The molecule has 1 atom stereocenters. The van der Waals surface area contributed by atoms with Crippen molar-refractivity contribution in [1.82, 2.24) is 10.2 Å². The van der Waals surface area contributed by atoms with E-state index < -0.39 is 0 Å². The van der Waals surface area contributed by atoms with Gasteiger partial charge in [0.05, 0.1) is 0 Å². The van der Waals surface area contributed by atoms with Crippen molar-refractivity contribution >= 4 is 11.6 Å². The number of nitrogens with one attached hydrogen (secondary N) is 1. The highest BCUT2D eigenvalue weighted by molar-refractivity contribution is 6.30. The molecule has 3 heteroatoms. The lowest BCUT2D eigenvalue weighted by Crippen LogP contribution is -2.30. The fourth-order valence-corrected chi connectivity index (χ4v) is 2.39. The van der Waals surface area contributed by atoms with E-state index in [1.807, 2.05) is 24.3 Å². The first-order chi connectivity index (χ1) is 9.71. The largest absolute Gasteiger partial charge is 0.310 e. The van der Waals surface area contributed by atoms with Crippen molar-refractivity contribution in [2.24, 2.45) is 0 Å². The minimum Gasteiger partial charge on any atom is -0.310 e. The first-order valence-corrected chi connectivity index (χ1v) is 7.52. The smallest absolute Gasteiger partial charge is 0.0406 e. The first-order valence-electron chi connectivity index (χ1n) is 7.14. The van der Waals surface area contributed by atoms with Crippen LogP contribution in [0, 0.1) is 0 Å². The third-order valence-corrected chi connectivity index (χ3v) is 3.48.